The Bertz CT molecular complexity index is 342. The van der Waals surface area contributed by atoms with E-state index in [-0.39, 0.29) is 5.97 Å². The predicted molar refractivity (Wildman–Crippen MR) is 54.8 cm³/mol. The van der Waals surface area contributed by atoms with Crippen molar-refractivity contribution in [2.24, 2.45) is 0 Å². The maximum absolute atomic E-state index is 11.4. The standard InChI is InChI=1S/C10H15N3O2/c1-2-15-10(14)9-5-8(12-13-9)7-3-4-11-6-7/h5,7,11H,2-4,6H2,1H3,(H,12,13). The van der Waals surface area contributed by atoms with Gasteiger partial charge in [0.2, 0.25) is 0 Å². The second-order valence-electron chi connectivity index (χ2n) is 3.62. The van der Waals surface area contributed by atoms with E-state index < -0.39 is 0 Å². The molecule has 1 aromatic heterocycles. The summed E-state index contributed by atoms with van der Waals surface area (Å²) in [4.78, 5) is 11.4. The Morgan fingerprint density at radius 1 is 1.73 bits per heavy atom. The fourth-order valence-corrected chi connectivity index (χ4v) is 1.78. The SMILES string of the molecule is CCOC(=O)c1cc(C2CCNC2)[nH]n1. The van der Waals surface area contributed by atoms with Crippen molar-refractivity contribution in [2.45, 2.75) is 19.3 Å². The second kappa shape index (κ2) is 4.44. The maximum Gasteiger partial charge on any atom is 0.358 e. The summed E-state index contributed by atoms with van der Waals surface area (Å²) in [5.74, 6) is 0.0895. The fourth-order valence-electron chi connectivity index (χ4n) is 1.78. The molecule has 5 nitrogen and oxygen atoms in total. The molecule has 5 heteroatoms. The van der Waals surface area contributed by atoms with E-state index in [9.17, 15) is 4.79 Å². The molecule has 1 aliphatic rings. The van der Waals surface area contributed by atoms with Gasteiger partial charge in [0.1, 0.15) is 0 Å². The molecule has 1 saturated heterocycles. The Kier molecular flexibility index (Phi) is 3.01. The Balaban J connectivity index is 2.06. The van der Waals surface area contributed by atoms with E-state index in [1.165, 1.54) is 0 Å². The molecule has 1 fully saturated rings. The van der Waals surface area contributed by atoms with Crippen molar-refractivity contribution in [3.05, 3.63) is 17.5 Å². The number of ether oxygens (including phenoxy) is 1. The van der Waals surface area contributed by atoms with Crippen molar-refractivity contribution in [3.8, 4) is 0 Å². The lowest BCUT2D eigenvalue weighted by Gasteiger charge is -2.02. The number of nitrogens with one attached hydrogen (secondary N) is 2. The molecule has 2 N–H and O–H groups in total. The molecular formula is C10H15N3O2. The van der Waals surface area contributed by atoms with Crippen LogP contribution in [0, 0.1) is 0 Å². The van der Waals surface area contributed by atoms with E-state index in [1.54, 1.807) is 13.0 Å². The molecular weight excluding hydrogens is 194 g/mol. The van der Waals surface area contributed by atoms with E-state index in [4.69, 9.17) is 4.74 Å². The molecule has 2 heterocycles. The van der Waals surface area contributed by atoms with Gasteiger partial charge in [-0.3, -0.25) is 5.10 Å². The van der Waals surface area contributed by atoms with E-state index in [2.05, 4.69) is 15.5 Å². The summed E-state index contributed by atoms with van der Waals surface area (Å²) in [6.07, 6.45) is 1.09. The summed E-state index contributed by atoms with van der Waals surface area (Å²) >= 11 is 0. The van der Waals surface area contributed by atoms with Crippen LogP contribution in [0.1, 0.15) is 35.4 Å². The quantitative estimate of drug-likeness (QED) is 0.718. The van der Waals surface area contributed by atoms with Gasteiger partial charge >= 0.3 is 5.97 Å². The first-order chi connectivity index (χ1) is 7.31. The Morgan fingerprint density at radius 2 is 2.60 bits per heavy atom. The van der Waals surface area contributed by atoms with Crippen LogP contribution in [0.25, 0.3) is 0 Å². The Morgan fingerprint density at radius 3 is 3.27 bits per heavy atom. The molecule has 0 bridgehead atoms. The van der Waals surface area contributed by atoms with Crippen molar-refractivity contribution in [2.75, 3.05) is 19.7 Å². The number of rotatable bonds is 3. The fraction of sp³-hybridized carbons (Fsp3) is 0.600. The van der Waals surface area contributed by atoms with Gasteiger partial charge in [0.25, 0.3) is 0 Å². The number of H-pyrrole nitrogens is 1. The van der Waals surface area contributed by atoms with Crippen molar-refractivity contribution in [3.63, 3.8) is 0 Å². The minimum atomic E-state index is -0.356. The monoisotopic (exact) mass is 209 g/mol. The average Bonchev–Trinajstić information content (AvgIpc) is 2.89. The third-order valence-corrected chi connectivity index (χ3v) is 2.58. The molecule has 1 aliphatic heterocycles. The number of nitrogens with zero attached hydrogens (tertiary/aromatic N) is 1. The van der Waals surface area contributed by atoms with Crippen LogP contribution in [-0.4, -0.2) is 35.9 Å². The van der Waals surface area contributed by atoms with Crippen LogP contribution < -0.4 is 5.32 Å². The normalized spacial score (nSPS) is 20.5. The van der Waals surface area contributed by atoms with Crippen molar-refractivity contribution < 1.29 is 9.53 Å². The summed E-state index contributed by atoms with van der Waals surface area (Å²) in [5, 5.41) is 10.1. The molecule has 15 heavy (non-hydrogen) atoms. The van der Waals surface area contributed by atoms with E-state index in [0.717, 1.165) is 25.2 Å². The minimum Gasteiger partial charge on any atom is -0.461 e. The largest absolute Gasteiger partial charge is 0.461 e. The number of aromatic amines is 1. The first-order valence-electron chi connectivity index (χ1n) is 5.24. The summed E-state index contributed by atoms with van der Waals surface area (Å²) in [5.41, 5.74) is 1.39. The lowest BCUT2D eigenvalue weighted by Crippen LogP contribution is -2.08. The van der Waals surface area contributed by atoms with Gasteiger partial charge in [0.05, 0.1) is 6.61 Å². The first kappa shape index (κ1) is 10.2. The van der Waals surface area contributed by atoms with Gasteiger partial charge in [-0.25, -0.2) is 4.79 Å². The van der Waals surface area contributed by atoms with Crippen molar-refractivity contribution in [1.82, 2.24) is 15.5 Å². The highest BCUT2D eigenvalue weighted by molar-refractivity contribution is 5.87. The zero-order valence-corrected chi connectivity index (χ0v) is 8.75. The highest BCUT2D eigenvalue weighted by atomic mass is 16.5. The highest BCUT2D eigenvalue weighted by Crippen LogP contribution is 2.20. The Hall–Kier alpha value is -1.36. The predicted octanol–water partition coefficient (Wildman–Crippen LogP) is 0.663. The first-order valence-corrected chi connectivity index (χ1v) is 5.24. The van der Waals surface area contributed by atoms with E-state index >= 15 is 0 Å². The molecule has 0 aromatic carbocycles. The van der Waals surface area contributed by atoms with Crippen molar-refractivity contribution >= 4 is 5.97 Å². The topological polar surface area (TPSA) is 67.0 Å². The van der Waals surface area contributed by atoms with Gasteiger partial charge < -0.3 is 10.1 Å². The minimum absolute atomic E-state index is 0.356. The van der Waals surface area contributed by atoms with Crippen LogP contribution in [0.2, 0.25) is 0 Å². The lowest BCUT2D eigenvalue weighted by atomic mass is 10.1. The van der Waals surface area contributed by atoms with Crippen LogP contribution in [0.5, 0.6) is 0 Å². The van der Waals surface area contributed by atoms with Gasteiger partial charge in [-0.2, -0.15) is 5.10 Å². The number of hydrogen-bond acceptors (Lipinski definition) is 4. The number of aromatic nitrogens is 2. The highest BCUT2D eigenvalue weighted by Gasteiger charge is 2.20. The summed E-state index contributed by atoms with van der Waals surface area (Å²) < 4.78 is 4.87. The summed E-state index contributed by atoms with van der Waals surface area (Å²) in [7, 11) is 0. The van der Waals surface area contributed by atoms with Gasteiger partial charge in [0, 0.05) is 18.2 Å². The van der Waals surface area contributed by atoms with Crippen molar-refractivity contribution in [1.29, 1.82) is 0 Å². The van der Waals surface area contributed by atoms with Gasteiger partial charge in [-0.15, -0.1) is 0 Å². The lowest BCUT2D eigenvalue weighted by molar-refractivity contribution is 0.0519. The van der Waals surface area contributed by atoms with Gasteiger partial charge in [-0.1, -0.05) is 0 Å². The number of carbonyl (C=O) groups is 1. The van der Waals surface area contributed by atoms with Crippen LogP contribution in [0.15, 0.2) is 6.07 Å². The number of carbonyl (C=O) groups excluding carboxylic acids is 1. The van der Waals surface area contributed by atoms with Crippen LogP contribution >= 0.6 is 0 Å². The average molecular weight is 209 g/mol. The van der Waals surface area contributed by atoms with Crippen LogP contribution in [0.4, 0.5) is 0 Å². The van der Waals surface area contributed by atoms with Crippen LogP contribution in [-0.2, 0) is 4.74 Å². The maximum atomic E-state index is 11.4. The number of hydrogen-bond donors (Lipinski definition) is 2. The van der Waals surface area contributed by atoms with Gasteiger partial charge in [-0.05, 0) is 26.0 Å². The molecule has 0 amide bonds. The molecule has 0 radical (unpaired) electrons. The zero-order chi connectivity index (χ0) is 10.7. The second-order valence-corrected chi connectivity index (χ2v) is 3.62. The molecule has 0 spiro atoms. The molecule has 1 aromatic rings. The zero-order valence-electron chi connectivity index (χ0n) is 8.75. The smallest absolute Gasteiger partial charge is 0.358 e. The number of esters is 1. The molecule has 2 rings (SSSR count). The molecule has 82 valence electrons. The molecule has 0 aliphatic carbocycles. The molecule has 1 unspecified atom stereocenters. The van der Waals surface area contributed by atoms with Crippen LogP contribution in [0.3, 0.4) is 0 Å². The van der Waals surface area contributed by atoms with E-state index in [1.807, 2.05) is 0 Å². The molecule has 1 atom stereocenters. The summed E-state index contributed by atoms with van der Waals surface area (Å²) in [6.45, 7) is 4.14. The third kappa shape index (κ3) is 2.18. The third-order valence-electron chi connectivity index (χ3n) is 2.58. The van der Waals surface area contributed by atoms with Gasteiger partial charge in [0.15, 0.2) is 5.69 Å². The van der Waals surface area contributed by atoms with E-state index in [0.29, 0.717) is 18.2 Å². The Labute approximate surface area is 88.2 Å². The molecule has 0 saturated carbocycles. The summed E-state index contributed by atoms with van der Waals surface area (Å²) in [6, 6.07) is 1.79.